The quantitative estimate of drug-likeness (QED) is 0.0344. The molecule has 2 unspecified atom stereocenters. The second-order valence-electron chi connectivity index (χ2n) is 13.1. The van der Waals surface area contributed by atoms with Gasteiger partial charge in [0.1, 0.15) is 36.6 Å². The van der Waals surface area contributed by atoms with Crippen LogP contribution in [0.25, 0.3) is 0 Å². The molecule has 2 amide bonds. The molecule has 0 bridgehead atoms. The first-order valence-electron chi connectivity index (χ1n) is 17.9. The molecule has 0 aromatic rings. The SMILES string of the molecule is CC(=O)N[C@H]1[C@H]([C@H](O)[C@H](O)CO)OC(SCCOCCOCCOCCOCCSC2(C(=O)O)C[C@H](N)[C@@H](NC(C)=O)[C@H]([C@H](O)[C@H](O)CO)O2)(C(=O)O)C[C@@H]1N. The van der Waals surface area contributed by atoms with Crippen molar-refractivity contribution in [2.24, 2.45) is 11.5 Å². The largest absolute Gasteiger partial charge is 0.478 e. The Hall–Kier alpha value is -1.98. The summed E-state index contributed by atoms with van der Waals surface area (Å²) < 4.78 is 33.5. The van der Waals surface area contributed by atoms with Crippen LogP contribution in [-0.4, -0.2) is 213 Å². The van der Waals surface area contributed by atoms with Crippen LogP contribution in [0.3, 0.4) is 0 Å². The van der Waals surface area contributed by atoms with Gasteiger partial charge < -0.3 is 91.4 Å². The molecule has 2 aliphatic rings. The summed E-state index contributed by atoms with van der Waals surface area (Å²) in [6, 6.07) is -3.98. The molecule has 0 spiro atoms. The van der Waals surface area contributed by atoms with Crippen LogP contribution in [0.4, 0.5) is 0 Å². The fourth-order valence-electron chi connectivity index (χ4n) is 5.99. The molecule has 22 nitrogen and oxygen atoms in total. The molecule has 2 saturated heterocycles. The van der Waals surface area contributed by atoms with Gasteiger partial charge in [-0.25, -0.2) is 9.59 Å². The standard InChI is InChI=1S/C32H58N4O18S2/c1-17(39)35-23-19(33)13-31(29(45)46,53-27(23)25(43)21(41)15-37)55-11-9-51-7-5-49-3-4-50-6-8-52-10-12-56-32(30(47)48)14-20(34)24(36-18(2)40)28(54-32)26(44)22(42)16-38/h19-28,37-38,41-44H,3-16,33-34H2,1-2H3,(H,35,39)(H,36,40)(H,45,46)(H,47,48)/t19-,20-,21+,22+,23+,24+,25+,26+,27+,28+,31?,32?/m0/s1. The zero-order valence-corrected chi connectivity index (χ0v) is 32.9. The average molecular weight is 851 g/mol. The second-order valence-corrected chi connectivity index (χ2v) is 15.8. The van der Waals surface area contributed by atoms with Crippen LogP contribution in [0.1, 0.15) is 26.7 Å². The van der Waals surface area contributed by atoms with Gasteiger partial charge in [0.15, 0.2) is 0 Å². The summed E-state index contributed by atoms with van der Waals surface area (Å²) in [6.07, 6.45) is -10.1. The van der Waals surface area contributed by atoms with Crippen LogP contribution in [0.2, 0.25) is 0 Å². The molecule has 2 rings (SSSR count). The van der Waals surface area contributed by atoms with Gasteiger partial charge in [-0.2, -0.15) is 0 Å². The number of aliphatic carboxylic acids is 2. The van der Waals surface area contributed by atoms with Gasteiger partial charge in [-0.3, -0.25) is 9.59 Å². The van der Waals surface area contributed by atoms with Crippen molar-refractivity contribution in [3.8, 4) is 0 Å². The van der Waals surface area contributed by atoms with E-state index in [1.807, 2.05) is 0 Å². The van der Waals surface area contributed by atoms with Gasteiger partial charge in [0.05, 0.1) is 78.2 Å². The van der Waals surface area contributed by atoms with Crippen molar-refractivity contribution in [1.82, 2.24) is 10.6 Å². The van der Waals surface area contributed by atoms with Gasteiger partial charge in [-0.15, -0.1) is 23.5 Å². The van der Waals surface area contributed by atoms with Crippen LogP contribution in [0.5, 0.6) is 0 Å². The molecular formula is C32H58N4O18S2. The van der Waals surface area contributed by atoms with Crippen molar-refractivity contribution in [2.75, 3.05) is 77.6 Å². The normalized spacial score (nSPS) is 30.2. The molecule has 2 heterocycles. The number of carbonyl (C=O) groups excluding carboxylic acids is 2. The Morgan fingerprint density at radius 2 is 0.946 bits per heavy atom. The molecule has 0 aromatic heterocycles. The lowest BCUT2D eigenvalue weighted by atomic mass is 9.88. The Morgan fingerprint density at radius 3 is 1.21 bits per heavy atom. The van der Waals surface area contributed by atoms with Crippen molar-refractivity contribution in [2.45, 2.75) is 97.3 Å². The Balaban J connectivity index is 1.66. The molecule has 2 aliphatic heterocycles. The number of nitrogens with two attached hydrogens (primary N) is 2. The summed E-state index contributed by atoms with van der Waals surface area (Å²) in [5.74, 6) is -3.47. The van der Waals surface area contributed by atoms with E-state index in [1.165, 1.54) is 13.8 Å². The summed E-state index contributed by atoms with van der Waals surface area (Å²) in [5, 5.41) is 84.7. The van der Waals surface area contributed by atoms with Gasteiger partial charge in [0.2, 0.25) is 21.7 Å². The fourth-order valence-corrected chi connectivity index (χ4v) is 8.28. The van der Waals surface area contributed by atoms with Gasteiger partial charge in [-0.1, -0.05) is 0 Å². The lowest BCUT2D eigenvalue weighted by molar-refractivity contribution is -0.192. The minimum atomic E-state index is -1.92. The Labute approximate surface area is 332 Å². The van der Waals surface area contributed by atoms with E-state index in [0.29, 0.717) is 0 Å². The number of thioether (sulfide) groups is 2. The van der Waals surface area contributed by atoms with Gasteiger partial charge in [0, 0.05) is 50.3 Å². The first-order valence-corrected chi connectivity index (χ1v) is 19.8. The summed E-state index contributed by atoms with van der Waals surface area (Å²) in [5.41, 5.74) is 12.4. The van der Waals surface area contributed by atoms with Crippen molar-refractivity contribution < 1.29 is 88.5 Å². The maximum Gasteiger partial charge on any atom is 0.346 e. The van der Waals surface area contributed by atoms with Crippen molar-refractivity contribution in [3.05, 3.63) is 0 Å². The minimum Gasteiger partial charge on any atom is -0.478 e. The summed E-state index contributed by atoms with van der Waals surface area (Å²) in [4.78, 5) is 44.2. The maximum absolute atomic E-state index is 12.3. The first kappa shape index (κ1) is 50.2. The number of nitrogens with one attached hydrogen (secondary N) is 2. The number of amides is 2. The lowest BCUT2D eigenvalue weighted by Crippen LogP contribution is -2.68. The summed E-state index contributed by atoms with van der Waals surface area (Å²) >= 11 is 1.74. The number of aliphatic hydroxyl groups excluding tert-OH is 6. The third kappa shape index (κ3) is 15.0. The number of aliphatic hydroxyl groups is 6. The zero-order valence-electron chi connectivity index (χ0n) is 31.3. The molecule has 56 heavy (non-hydrogen) atoms. The molecule has 326 valence electrons. The van der Waals surface area contributed by atoms with Crippen LogP contribution in [0, 0.1) is 0 Å². The molecule has 0 saturated carbocycles. The molecule has 14 N–H and O–H groups in total. The molecule has 0 aromatic carbocycles. The number of carboxylic acids is 2. The van der Waals surface area contributed by atoms with E-state index >= 15 is 0 Å². The highest BCUT2D eigenvalue weighted by Crippen LogP contribution is 2.41. The van der Waals surface area contributed by atoms with E-state index in [1.54, 1.807) is 0 Å². The monoisotopic (exact) mass is 850 g/mol. The fraction of sp³-hybridized carbons (Fsp3) is 0.875. The number of rotatable bonds is 27. The third-order valence-electron chi connectivity index (χ3n) is 8.76. The average Bonchev–Trinajstić information content (AvgIpc) is 3.14. The molecular weight excluding hydrogens is 792 g/mol. The summed E-state index contributed by atoms with van der Waals surface area (Å²) in [7, 11) is 0. The first-order chi connectivity index (χ1) is 26.4. The predicted octanol–water partition coefficient (Wildman–Crippen LogP) is -5.25. The molecule has 12 atom stereocenters. The van der Waals surface area contributed by atoms with Gasteiger partial charge in [0.25, 0.3) is 0 Å². The summed E-state index contributed by atoms with van der Waals surface area (Å²) in [6.45, 7) is 2.20. The lowest BCUT2D eigenvalue weighted by Gasteiger charge is -2.47. The highest BCUT2D eigenvalue weighted by atomic mass is 32.2. The van der Waals surface area contributed by atoms with Crippen LogP contribution >= 0.6 is 23.5 Å². The van der Waals surface area contributed by atoms with Gasteiger partial charge >= 0.3 is 11.9 Å². The number of ether oxygens (including phenoxy) is 6. The van der Waals surface area contributed by atoms with Crippen molar-refractivity contribution >= 4 is 47.3 Å². The smallest absolute Gasteiger partial charge is 0.346 e. The van der Waals surface area contributed by atoms with Gasteiger partial charge in [-0.05, 0) is 0 Å². The molecule has 24 heteroatoms. The maximum atomic E-state index is 12.3. The number of carbonyl (C=O) groups is 4. The predicted molar refractivity (Wildman–Crippen MR) is 197 cm³/mol. The van der Waals surface area contributed by atoms with E-state index in [-0.39, 0.29) is 77.2 Å². The third-order valence-corrected chi connectivity index (χ3v) is 11.3. The Kier molecular flexibility index (Phi) is 22.2. The Bertz CT molecular complexity index is 1140. The van der Waals surface area contributed by atoms with E-state index in [2.05, 4.69) is 10.6 Å². The number of hydrogen-bond acceptors (Lipinski definition) is 20. The van der Waals surface area contributed by atoms with Crippen LogP contribution in [0.15, 0.2) is 0 Å². The van der Waals surface area contributed by atoms with Crippen molar-refractivity contribution in [1.29, 1.82) is 0 Å². The molecule has 0 radical (unpaired) electrons. The van der Waals surface area contributed by atoms with Crippen LogP contribution < -0.4 is 22.1 Å². The highest BCUT2D eigenvalue weighted by Gasteiger charge is 2.55. The van der Waals surface area contributed by atoms with E-state index in [9.17, 15) is 60.0 Å². The highest BCUT2D eigenvalue weighted by molar-refractivity contribution is 8.01. The number of hydrogen-bond donors (Lipinski definition) is 12. The molecule has 2 fully saturated rings. The van der Waals surface area contributed by atoms with Crippen molar-refractivity contribution in [3.63, 3.8) is 0 Å². The zero-order chi connectivity index (χ0) is 42.1. The number of carboxylic acid groups (broad SMARTS) is 2. The molecule has 0 aliphatic carbocycles. The van der Waals surface area contributed by atoms with E-state index < -0.39 is 108 Å². The minimum absolute atomic E-state index is 0.106. The van der Waals surface area contributed by atoms with Crippen LogP contribution in [-0.2, 0) is 47.6 Å². The Morgan fingerprint density at radius 1 is 0.643 bits per heavy atom. The van der Waals surface area contributed by atoms with E-state index in [4.69, 9.17) is 39.9 Å². The topological polar surface area (TPSA) is 362 Å². The van der Waals surface area contributed by atoms with E-state index in [0.717, 1.165) is 23.5 Å². The second kappa shape index (κ2) is 24.8.